The smallest absolute Gasteiger partial charge is 0.0680 e. The van der Waals surface area contributed by atoms with Crippen LogP contribution in [-0.4, -0.2) is 0 Å². The SMILES string of the molecule is C\C1=C/C(I)=C(N)\C(N)=C\CC(C)C1. The summed E-state index contributed by atoms with van der Waals surface area (Å²) in [6.45, 7) is 4.37. The molecule has 78 valence electrons. The van der Waals surface area contributed by atoms with E-state index in [1.807, 2.05) is 6.08 Å². The lowest BCUT2D eigenvalue weighted by Crippen LogP contribution is -2.10. The summed E-state index contributed by atoms with van der Waals surface area (Å²) in [7, 11) is 0. The summed E-state index contributed by atoms with van der Waals surface area (Å²) < 4.78 is 1.04. The lowest BCUT2D eigenvalue weighted by Gasteiger charge is -2.07. The van der Waals surface area contributed by atoms with Gasteiger partial charge in [0, 0.05) is 3.58 Å². The number of halogens is 1. The van der Waals surface area contributed by atoms with Crippen molar-refractivity contribution in [1.29, 1.82) is 0 Å². The average Bonchev–Trinajstić information content (AvgIpc) is 2.14. The highest BCUT2D eigenvalue weighted by molar-refractivity contribution is 14.1. The molecular formula is C11H17IN2. The van der Waals surface area contributed by atoms with Gasteiger partial charge in [0.1, 0.15) is 0 Å². The molecule has 0 aromatic rings. The molecule has 1 rings (SSSR count). The summed E-state index contributed by atoms with van der Waals surface area (Å²) in [5.41, 5.74) is 14.6. The maximum absolute atomic E-state index is 5.90. The van der Waals surface area contributed by atoms with Gasteiger partial charge >= 0.3 is 0 Å². The van der Waals surface area contributed by atoms with Gasteiger partial charge in [0.15, 0.2) is 0 Å². The van der Waals surface area contributed by atoms with E-state index in [2.05, 4.69) is 42.5 Å². The third-order valence-corrected chi connectivity index (χ3v) is 3.24. The number of hydrogen-bond acceptors (Lipinski definition) is 2. The molecule has 1 atom stereocenters. The van der Waals surface area contributed by atoms with Gasteiger partial charge in [-0.1, -0.05) is 18.6 Å². The van der Waals surface area contributed by atoms with Gasteiger partial charge < -0.3 is 11.5 Å². The highest BCUT2D eigenvalue weighted by Gasteiger charge is 2.08. The van der Waals surface area contributed by atoms with Crippen LogP contribution in [0.5, 0.6) is 0 Å². The molecule has 0 fully saturated rings. The summed E-state index contributed by atoms with van der Waals surface area (Å²) in [6.07, 6.45) is 6.27. The first-order valence-electron chi connectivity index (χ1n) is 4.79. The molecule has 0 aromatic carbocycles. The van der Waals surface area contributed by atoms with Crippen molar-refractivity contribution in [2.45, 2.75) is 26.7 Å². The van der Waals surface area contributed by atoms with Crippen molar-refractivity contribution in [3.05, 3.63) is 32.7 Å². The van der Waals surface area contributed by atoms with E-state index < -0.39 is 0 Å². The van der Waals surface area contributed by atoms with Crippen molar-refractivity contribution in [2.75, 3.05) is 0 Å². The summed E-state index contributed by atoms with van der Waals surface area (Å²) in [6, 6.07) is 0. The number of rotatable bonds is 0. The monoisotopic (exact) mass is 304 g/mol. The van der Waals surface area contributed by atoms with Crippen LogP contribution in [0.2, 0.25) is 0 Å². The lowest BCUT2D eigenvalue weighted by molar-refractivity contribution is 0.585. The van der Waals surface area contributed by atoms with E-state index in [4.69, 9.17) is 11.5 Å². The summed E-state index contributed by atoms with van der Waals surface area (Å²) in [5.74, 6) is 0.639. The first-order chi connectivity index (χ1) is 6.50. The van der Waals surface area contributed by atoms with Crippen LogP contribution in [0, 0.1) is 5.92 Å². The second kappa shape index (κ2) is 4.87. The van der Waals surface area contributed by atoms with E-state index in [1.54, 1.807) is 0 Å². The molecule has 0 radical (unpaired) electrons. The summed E-state index contributed by atoms with van der Waals surface area (Å²) >= 11 is 2.24. The Kier molecular flexibility index (Phi) is 4.04. The second-order valence-corrected chi connectivity index (χ2v) is 5.12. The Morgan fingerprint density at radius 3 is 2.71 bits per heavy atom. The van der Waals surface area contributed by atoms with E-state index in [0.29, 0.717) is 17.3 Å². The Bertz CT molecular complexity index is 313. The normalized spacial score (nSPS) is 37.2. The Labute approximate surface area is 99.3 Å². The molecule has 0 aromatic heterocycles. The zero-order valence-electron chi connectivity index (χ0n) is 8.68. The molecule has 1 unspecified atom stereocenters. The molecule has 0 saturated carbocycles. The molecule has 2 nitrogen and oxygen atoms in total. The van der Waals surface area contributed by atoms with E-state index in [0.717, 1.165) is 16.4 Å². The van der Waals surface area contributed by atoms with Crippen LogP contribution >= 0.6 is 22.6 Å². The predicted molar refractivity (Wildman–Crippen MR) is 69.7 cm³/mol. The van der Waals surface area contributed by atoms with Gasteiger partial charge in [-0.2, -0.15) is 0 Å². The number of hydrogen-bond donors (Lipinski definition) is 2. The molecule has 14 heavy (non-hydrogen) atoms. The minimum atomic E-state index is 0.639. The van der Waals surface area contributed by atoms with Crippen LogP contribution < -0.4 is 11.5 Å². The average molecular weight is 304 g/mol. The molecule has 0 heterocycles. The molecule has 0 bridgehead atoms. The zero-order chi connectivity index (χ0) is 10.7. The quantitative estimate of drug-likeness (QED) is 0.676. The van der Waals surface area contributed by atoms with Gasteiger partial charge in [-0.15, -0.1) is 0 Å². The van der Waals surface area contributed by atoms with Gasteiger partial charge in [0.25, 0.3) is 0 Å². The van der Waals surface area contributed by atoms with Crippen LogP contribution in [0.1, 0.15) is 26.7 Å². The Morgan fingerprint density at radius 2 is 2.07 bits per heavy atom. The fraction of sp³-hybridized carbons (Fsp3) is 0.455. The minimum Gasteiger partial charge on any atom is -0.397 e. The van der Waals surface area contributed by atoms with Gasteiger partial charge in [0.05, 0.1) is 11.4 Å². The topological polar surface area (TPSA) is 52.0 Å². The predicted octanol–water partition coefficient (Wildman–Crippen LogP) is 2.81. The first-order valence-corrected chi connectivity index (χ1v) is 5.87. The second-order valence-electron chi connectivity index (χ2n) is 3.96. The van der Waals surface area contributed by atoms with E-state index in [9.17, 15) is 0 Å². The fourth-order valence-electron chi connectivity index (χ4n) is 1.56. The third-order valence-electron chi connectivity index (χ3n) is 2.35. The third kappa shape index (κ3) is 3.04. The largest absolute Gasteiger partial charge is 0.397 e. The molecule has 3 heteroatoms. The van der Waals surface area contributed by atoms with Gasteiger partial charge in [-0.3, -0.25) is 0 Å². The van der Waals surface area contributed by atoms with Gasteiger partial charge in [0.2, 0.25) is 0 Å². The molecule has 0 spiro atoms. The van der Waals surface area contributed by atoms with Crippen molar-refractivity contribution in [2.24, 2.45) is 17.4 Å². The highest BCUT2D eigenvalue weighted by atomic mass is 127. The van der Waals surface area contributed by atoms with Crippen molar-refractivity contribution in [1.82, 2.24) is 0 Å². The zero-order valence-corrected chi connectivity index (χ0v) is 10.8. The summed E-state index contributed by atoms with van der Waals surface area (Å²) in [5, 5.41) is 0. The molecule has 1 aliphatic rings. The molecular weight excluding hydrogens is 287 g/mol. The highest BCUT2D eigenvalue weighted by Crippen LogP contribution is 2.24. The molecule has 0 aliphatic heterocycles. The fourth-order valence-corrected chi connectivity index (χ4v) is 2.40. The maximum Gasteiger partial charge on any atom is 0.0680 e. The van der Waals surface area contributed by atoms with Crippen molar-refractivity contribution in [3.63, 3.8) is 0 Å². The van der Waals surface area contributed by atoms with Crippen molar-refractivity contribution >= 4 is 22.6 Å². The number of allylic oxidation sites excluding steroid dienone is 4. The maximum atomic E-state index is 5.90. The minimum absolute atomic E-state index is 0.639. The van der Waals surface area contributed by atoms with Gasteiger partial charge in [-0.25, -0.2) is 0 Å². The van der Waals surface area contributed by atoms with E-state index in [1.165, 1.54) is 5.57 Å². The first kappa shape index (κ1) is 11.6. The van der Waals surface area contributed by atoms with Crippen LogP contribution in [0.25, 0.3) is 0 Å². The Balaban J connectivity index is 3.07. The van der Waals surface area contributed by atoms with E-state index >= 15 is 0 Å². The lowest BCUT2D eigenvalue weighted by atomic mass is 9.99. The summed E-state index contributed by atoms with van der Waals surface area (Å²) in [4.78, 5) is 0. The van der Waals surface area contributed by atoms with Crippen LogP contribution in [-0.2, 0) is 0 Å². The van der Waals surface area contributed by atoms with Crippen molar-refractivity contribution in [3.8, 4) is 0 Å². The van der Waals surface area contributed by atoms with E-state index in [-0.39, 0.29) is 0 Å². The molecule has 0 amide bonds. The van der Waals surface area contributed by atoms with Crippen LogP contribution in [0.15, 0.2) is 32.7 Å². The Hall–Kier alpha value is -0.450. The van der Waals surface area contributed by atoms with Crippen LogP contribution in [0.3, 0.4) is 0 Å². The molecule has 0 saturated heterocycles. The van der Waals surface area contributed by atoms with Crippen molar-refractivity contribution < 1.29 is 0 Å². The van der Waals surface area contributed by atoms with Gasteiger partial charge in [-0.05, 0) is 54.4 Å². The Morgan fingerprint density at radius 1 is 1.43 bits per heavy atom. The standard InChI is InChI=1S/C11H17IN2/c1-7-3-4-10(13)11(14)9(12)6-8(2)5-7/h4,6-7H,3,5,13-14H2,1-2H3/b8-6+,10-4-,11-9-. The van der Waals surface area contributed by atoms with Crippen LogP contribution in [0.4, 0.5) is 0 Å². The molecule has 4 N–H and O–H groups in total. The number of nitrogens with two attached hydrogens (primary N) is 2. The molecule has 1 aliphatic carbocycles.